The van der Waals surface area contributed by atoms with E-state index in [0.29, 0.717) is 12.1 Å². The van der Waals surface area contributed by atoms with Crippen LogP contribution in [0, 0.1) is 5.82 Å². The Balaban J connectivity index is 2.96. The highest BCUT2D eigenvalue weighted by Crippen LogP contribution is 2.32. The molecule has 1 aromatic rings. The first-order chi connectivity index (χ1) is 8.90. The fraction of sp³-hybridized carbons (Fsp3) is 0.538. The number of benzene rings is 1. The van der Waals surface area contributed by atoms with Crippen LogP contribution in [0.1, 0.15) is 30.5 Å². The first kappa shape index (κ1) is 16.3. The highest BCUT2D eigenvalue weighted by Gasteiger charge is 2.34. The van der Waals surface area contributed by atoms with E-state index in [2.05, 4.69) is 5.32 Å². The van der Waals surface area contributed by atoms with Gasteiger partial charge in [0.15, 0.2) is 0 Å². The molecule has 0 heterocycles. The Bertz CT molecular complexity index is 406. The van der Waals surface area contributed by atoms with Crippen LogP contribution in [-0.4, -0.2) is 18.6 Å². The van der Waals surface area contributed by atoms with Crippen molar-refractivity contribution >= 4 is 11.8 Å². The Morgan fingerprint density at radius 2 is 2.00 bits per heavy atom. The number of thioether (sulfide) groups is 1. The third-order valence-electron chi connectivity index (χ3n) is 2.76. The van der Waals surface area contributed by atoms with Crippen molar-refractivity contribution in [3.63, 3.8) is 0 Å². The van der Waals surface area contributed by atoms with Crippen molar-refractivity contribution in [2.75, 3.05) is 18.6 Å². The number of hydrogen-bond acceptors (Lipinski definition) is 2. The van der Waals surface area contributed by atoms with Crippen LogP contribution in [0.4, 0.5) is 17.6 Å². The van der Waals surface area contributed by atoms with Gasteiger partial charge in [0.05, 0.1) is 5.56 Å². The Labute approximate surface area is 114 Å². The van der Waals surface area contributed by atoms with Crippen LogP contribution >= 0.6 is 11.8 Å². The van der Waals surface area contributed by atoms with Crippen molar-refractivity contribution in [2.45, 2.75) is 25.6 Å². The summed E-state index contributed by atoms with van der Waals surface area (Å²) in [7, 11) is 0. The van der Waals surface area contributed by atoms with Gasteiger partial charge in [-0.05, 0) is 42.7 Å². The molecule has 108 valence electrons. The molecule has 1 rings (SSSR count). The van der Waals surface area contributed by atoms with Crippen LogP contribution in [0.3, 0.4) is 0 Å². The summed E-state index contributed by atoms with van der Waals surface area (Å²) in [4.78, 5) is 0. The summed E-state index contributed by atoms with van der Waals surface area (Å²) in [5.74, 6) is -0.350. The van der Waals surface area contributed by atoms with Gasteiger partial charge in [-0.1, -0.05) is 13.0 Å². The number of rotatable bonds is 6. The van der Waals surface area contributed by atoms with Crippen LogP contribution in [0.5, 0.6) is 0 Å². The predicted octanol–water partition coefficient (Wildman–Crippen LogP) is 4.25. The van der Waals surface area contributed by atoms with Crippen LogP contribution in [0.15, 0.2) is 18.2 Å². The molecule has 0 saturated heterocycles. The molecule has 1 nitrogen and oxygen atoms in total. The average molecular weight is 295 g/mol. The molecule has 0 aliphatic heterocycles. The molecular weight excluding hydrogens is 278 g/mol. The zero-order valence-electron chi connectivity index (χ0n) is 10.9. The molecule has 1 N–H and O–H groups in total. The minimum atomic E-state index is -4.64. The van der Waals surface area contributed by atoms with Gasteiger partial charge in [-0.2, -0.15) is 24.9 Å². The maximum absolute atomic E-state index is 13.5. The van der Waals surface area contributed by atoms with Gasteiger partial charge in [-0.15, -0.1) is 0 Å². The molecule has 0 fully saturated rings. The van der Waals surface area contributed by atoms with E-state index in [1.165, 1.54) is 6.07 Å². The first-order valence-electron chi connectivity index (χ1n) is 5.99. The van der Waals surface area contributed by atoms with E-state index in [0.717, 1.165) is 24.3 Å². The Hall–Kier alpha value is -0.750. The largest absolute Gasteiger partial charge is 0.419 e. The summed E-state index contributed by atoms with van der Waals surface area (Å²) in [5.41, 5.74) is -0.655. The predicted molar refractivity (Wildman–Crippen MR) is 70.8 cm³/mol. The van der Waals surface area contributed by atoms with Crippen molar-refractivity contribution in [1.82, 2.24) is 5.32 Å². The Kier molecular flexibility index (Phi) is 6.13. The fourth-order valence-corrected chi connectivity index (χ4v) is 2.32. The summed E-state index contributed by atoms with van der Waals surface area (Å²) in [5, 5.41) is 3.16. The molecule has 0 amide bonds. The van der Waals surface area contributed by atoms with Gasteiger partial charge in [0, 0.05) is 6.04 Å². The summed E-state index contributed by atoms with van der Waals surface area (Å²) < 4.78 is 50.9. The molecule has 6 heteroatoms. The molecule has 0 spiro atoms. The maximum atomic E-state index is 13.5. The average Bonchev–Trinajstić information content (AvgIpc) is 2.32. The van der Waals surface area contributed by atoms with Crippen molar-refractivity contribution < 1.29 is 17.6 Å². The summed E-state index contributed by atoms with van der Waals surface area (Å²) in [6, 6.07) is 3.03. The maximum Gasteiger partial charge on any atom is 0.419 e. The van der Waals surface area contributed by atoms with Crippen molar-refractivity contribution in [3.05, 3.63) is 35.1 Å². The van der Waals surface area contributed by atoms with Crippen molar-refractivity contribution in [2.24, 2.45) is 0 Å². The minimum Gasteiger partial charge on any atom is -0.310 e. The second-order valence-electron chi connectivity index (χ2n) is 4.13. The lowest BCUT2D eigenvalue weighted by molar-refractivity contribution is -0.140. The van der Waals surface area contributed by atoms with E-state index in [4.69, 9.17) is 0 Å². The van der Waals surface area contributed by atoms with E-state index in [-0.39, 0.29) is 6.04 Å². The first-order valence-corrected chi connectivity index (χ1v) is 7.38. The van der Waals surface area contributed by atoms with Crippen LogP contribution in [0.25, 0.3) is 0 Å². The van der Waals surface area contributed by atoms with Crippen LogP contribution in [0.2, 0.25) is 0 Å². The molecule has 19 heavy (non-hydrogen) atoms. The smallest absolute Gasteiger partial charge is 0.310 e. The molecule has 0 aliphatic rings. The highest BCUT2D eigenvalue weighted by molar-refractivity contribution is 7.98. The van der Waals surface area contributed by atoms with E-state index in [9.17, 15) is 17.6 Å². The van der Waals surface area contributed by atoms with E-state index >= 15 is 0 Å². The summed E-state index contributed by atoms with van der Waals surface area (Å²) in [6.45, 7) is 2.59. The number of alkyl halides is 3. The standard InChI is InChI=1S/C13H17F4NS/c1-3-18-12(6-7-19-2)9-4-5-10(11(14)8-9)13(15,16)17/h4-5,8,12,18H,3,6-7H2,1-2H3. The third kappa shape index (κ3) is 4.69. The SMILES string of the molecule is CCNC(CCSC)c1ccc(C(F)(F)F)c(F)c1. The number of halogens is 4. The molecule has 0 bridgehead atoms. The third-order valence-corrected chi connectivity index (χ3v) is 3.41. The normalized spacial score (nSPS) is 13.6. The van der Waals surface area contributed by atoms with E-state index < -0.39 is 17.6 Å². The lowest BCUT2D eigenvalue weighted by atomic mass is 10.0. The van der Waals surface area contributed by atoms with Gasteiger partial charge in [-0.25, -0.2) is 4.39 Å². The Morgan fingerprint density at radius 1 is 1.32 bits per heavy atom. The van der Waals surface area contributed by atoms with Gasteiger partial charge in [0.2, 0.25) is 0 Å². The molecule has 1 aromatic carbocycles. The molecule has 1 unspecified atom stereocenters. The molecule has 0 radical (unpaired) electrons. The van der Waals surface area contributed by atoms with Crippen LogP contribution < -0.4 is 5.32 Å². The molecule has 1 atom stereocenters. The quantitative estimate of drug-likeness (QED) is 0.787. The molecule has 0 saturated carbocycles. The summed E-state index contributed by atoms with van der Waals surface area (Å²) >= 11 is 1.65. The lowest BCUT2D eigenvalue weighted by Crippen LogP contribution is -2.22. The zero-order chi connectivity index (χ0) is 14.5. The molecule has 0 aromatic heterocycles. The van der Waals surface area contributed by atoms with Gasteiger partial charge in [-0.3, -0.25) is 0 Å². The van der Waals surface area contributed by atoms with E-state index in [1.807, 2.05) is 13.2 Å². The van der Waals surface area contributed by atoms with Crippen molar-refractivity contribution in [3.8, 4) is 0 Å². The second-order valence-corrected chi connectivity index (χ2v) is 5.11. The zero-order valence-corrected chi connectivity index (χ0v) is 11.7. The van der Waals surface area contributed by atoms with Gasteiger partial charge in [0.1, 0.15) is 5.82 Å². The number of nitrogens with one attached hydrogen (secondary N) is 1. The highest BCUT2D eigenvalue weighted by atomic mass is 32.2. The minimum absolute atomic E-state index is 0.116. The van der Waals surface area contributed by atoms with Gasteiger partial charge < -0.3 is 5.32 Å². The van der Waals surface area contributed by atoms with Crippen LogP contribution in [-0.2, 0) is 6.18 Å². The summed E-state index contributed by atoms with van der Waals surface area (Å²) in [6.07, 6.45) is -1.94. The Morgan fingerprint density at radius 3 is 2.47 bits per heavy atom. The van der Waals surface area contributed by atoms with Gasteiger partial charge in [0.25, 0.3) is 0 Å². The van der Waals surface area contributed by atoms with E-state index in [1.54, 1.807) is 11.8 Å². The molecule has 0 aliphatic carbocycles. The fourth-order valence-electron chi connectivity index (χ4n) is 1.85. The second kappa shape index (κ2) is 7.14. The topological polar surface area (TPSA) is 12.0 Å². The number of hydrogen-bond donors (Lipinski definition) is 1. The monoisotopic (exact) mass is 295 g/mol. The van der Waals surface area contributed by atoms with Gasteiger partial charge >= 0.3 is 6.18 Å². The molecular formula is C13H17F4NS. The van der Waals surface area contributed by atoms with Crippen molar-refractivity contribution in [1.29, 1.82) is 0 Å². The lowest BCUT2D eigenvalue weighted by Gasteiger charge is -2.19.